The third kappa shape index (κ3) is 5.38. The van der Waals surface area contributed by atoms with Crippen molar-refractivity contribution in [2.24, 2.45) is 0 Å². The molecule has 0 unspecified atom stereocenters. The number of unbranched alkanes of at least 4 members (excludes halogenated alkanes) is 1. The highest BCUT2D eigenvalue weighted by atomic mass is 19.4. The lowest BCUT2D eigenvalue weighted by Crippen LogP contribution is -2.09. The van der Waals surface area contributed by atoms with Gasteiger partial charge < -0.3 is 11.1 Å². The molecule has 0 atom stereocenters. The maximum Gasteiger partial charge on any atom is 0.389 e. The molecule has 0 radical (unpaired) electrons. The number of hydrogen-bond acceptors (Lipinski definition) is 4. The Balaban J connectivity index is 2.17. The first-order chi connectivity index (χ1) is 7.47. The van der Waals surface area contributed by atoms with Gasteiger partial charge in [0, 0.05) is 19.0 Å². The molecule has 0 aliphatic rings. The molecule has 0 aliphatic carbocycles. The van der Waals surface area contributed by atoms with Crippen LogP contribution in [0.3, 0.4) is 0 Å². The van der Waals surface area contributed by atoms with Crippen molar-refractivity contribution in [1.82, 2.24) is 9.97 Å². The molecule has 90 valence electrons. The van der Waals surface area contributed by atoms with Crippen LogP contribution in [0.5, 0.6) is 0 Å². The number of hydrogen-bond donors (Lipinski definition) is 2. The van der Waals surface area contributed by atoms with E-state index in [1.54, 1.807) is 0 Å². The summed E-state index contributed by atoms with van der Waals surface area (Å²) < 4.78 is 35.4. The number of halogens is 3. The van der Waals surface area contributed by atoms with Gasteiger partial charge in [-0.05, 0) is 12.8 Å². The number of rotatable bonds is 5. The molecular weight excluding hydrogens is 221 g/mol. The highest BCUT2D eigenvalue weighted by Gasteiger charge is 2.25. The van der Waals surface area contributed by atoms with Crippen LogP contribution in [-0.4, -0.2) is 22.7 Å². The van der Waals surface area contributed by atoms with E-state index < -0.39 is 12.6 Å². The van der Waals surface area contributed by atoms with E-state index >= 15 is 0 Å². The Bertz CT molecular complexity index is 327. The lowest BCUT2D eigenvalue weighted by molar-refractivity contribution is -0.135. The van der Waals surface area contributed by atoms with Gasteiger partial charge in [-0.25, -0.2) is 9.97 Å². The van der Waals surface area contributed by atoms with Crippen molar-refractivity contribution >= 4 is 11.6 Å². The number of alkyl halides is 3. The summed E-state index contributed by atoms with van der Waals surface area (Å²) in [5.41, 5.74) is 5.41. The maximum atomic E-state index is 11.8. The number of nitrogen functional groups attached to an aromatic ring is 1. The normalized spacial score (nSPS) is 11.4. The van der Waals surface area contributed by atoms with E-state index in [0.29, 0.717) is 24.6 Å². The lowest BCUT2D eigenvalue weighted by Gasteiger charge is -2.07. The third-order valence-electron chi connectivity index (χ3n) is 1.88. The van der Waals surface area contributed by atoms with Gasteiger partial charge in [0.25, 0.3) is 0 Å². The topological polar surface area (TPSA) is 63.8 Å². The Labute approximate surface area is 91.1 Å². The lowest BCUT2D eigenvalue weighted by atomic mass is 10.2. The van der Waals surface area contributed by atoms with E-state index in [2.05, 4.69) is 15.3 Å². The minimum Gasteiger partial charge on any atom is -0.384 e. The molecule has 0 aliphatic heterocycles. The smallest absolute Gasteiger partial charge is 0.384 e. The van der Waals surface area contributed by atoms with Crippen molar-refractivity contribution in [3.63, 3.8) is 0 Å². The molecule has 4 nitrogen and oxygen atoms in total. The van der Waals surface area contributed by atoms with Crippen LogP contribution in [-0.2, 0) is 0 Å². The van der Waals surface area contributed by atoms with Crippen molar-refractivity contribution in [2.75, 3.05) is 17.6 Å². The number of nitrogens with one attached hydrogen (secondary N) is 1. The molecule has 7 heteroatoms. The van der Waals surface area contributed by atoms with Gasteiger partial charge in [0.1, 0.15) is 18.0 Å². The summed E-state index contributed by atoms with van der Waals surface area (Å²) in [5, 5.41) is 2.87. The van der Waals surface area contributed by atoms with E-state index in [1.807, 2.05) is 0 Å². The van der Waals surface area contributed by atoms with Crippen molar-refractivity contribution in [3.05, 3.63) is 12.4 Å². The van der Waals surface area contributed by atoms with Crippen LogP contribution in [0.1, 0.15) is 19.3 Å². The number of anilines is 2. The first-order valence-corrected chi connectivity index (χ1v) is 4.85. The maximum absolute atomic E-state index is 11.8. The third-order valence-corrected chi connectivity index (χ3v) is 1.88. The molecule has 0 saturated heterocycles. The van der Waals surface area contributed by atoms with Gasteiger partial charge >= 0.3 is 6.18 Å². The van der Waals surface area contributed by atoms with Crippen LogP contribution >= 0.6 is 0 Å². The van der Waals surface area contributed by atoms with Gasteiger partial charge in [0.05, 0.1) is 0 Å². The summed E-state index contributed by atoms with van der Waals surface area (Å²) in [6, 6.07) is 1.53. The van der Waals surface area contributed by atoms with Crippen LogP contribution in [0.15, 0.2) is 12.4 Å². The minimum atomic E-state index is -4.07. The standard InChI is InChI=1S/C9H13F3N4/c10-9(11,12)3-1-2-4-14-8-5-7(13)15-6-16-8/h5-6H,1-4H2,(H3,13,14,15,16). The second kappa shape index (κ2) is 5.53. The largest absolute Gasteiger partial charge is 0.389 e. The number of nitrogens with zero attached hydrogens (tertiary/aromatic N) is 2. The fourth-order valence-corrected chi connectivity index (χ4v) is 1.14. The van der Waals surface area contributed by atoms with Crippen molar-refractivity contribution in [1.29, 1.82) is 0 Å². The Morgan fingerprint density at radius 1 is 1.25 bits per heavy atom. The van der Waals surface area contributed by atoms with E-state index in [4.69, 9.17) is 5.73 Å². The number of nitrogens with two attached hydrogens (primary N) is 1. The predicted octanol–water partition coefficient (Wildman–Crippen LogP) is 2.20. The average Bonchev–Trinajstić information content (AvgIpc) is 2.15. The van der Waals surface area contributed by atoms with Gasteiger partial charge in [0.15, 0.2) is 0 Å². The van der Waals surface area contributed by atoms with Crippen LogP contribution < -0.4 is 11.1 Å². The minimum absolute atomic E-state index is 0.108. The molecular formula is C9H13F3N4. The molecule has 0 amide bonds. The van der Waals surface area contributed by atoms with Gasteiger partial charge in [-0.1, -0.05) is 0 Å². The van der Waals surface area contributed by atoms with Gasteiger partial charge in [-0.2, -0.15) is 13.2 Å². The molecule has 1 aromatic heterocycles. The van der Waals surface area contributed by atoms with E-state index in [0.717, 1.165) is 0 Å². The fourth-order valence-electron chi connectivity index (χ4n) is 1.14. The second-order valence-electron chi connectivity index (χ2n) is 3.33. The highest BCUT2D eigenvalue weighted by molar-refractivity contribution is 5.42. The summed E-state index contributed by atoms with van der Waals surface area (Å²) in [4.78, 5) is 7.56. The quantitative estimate of drug-likeness (QED) is 0.766. The summed E-state index contributed by atoms with van der Waals surface area (Å²) in [5.74, 6) is 0.854. The van der Waals surface area contributed by atoms with Gasteiger partial charge in [0.2, 0.25) is 0 Å². The monoisotopic (exact) mass is 234 g/mol. The summed E-state index contributed by atoms with van der Waals surface area (Å²) >= 11 is 0. The zero-order valence-corrected chi connectivity index (χ0v) is 8.59. The Hall–Kier alpha value is -1.53. The first kappa shape index (κ1) is 12.5. The van der Waals surface area contributed by atoms with Crippen LogP contribution in [0, 0.1) is 0 Å². The molecule has 0 aromatic carbocycles. The van der Waals surface area contributed by atoms with E-state index in [-0.39, 0.29) is 6.42 Å². The predicted molar refractivity (Wildman–Crippen MR) is 54.8 cm³/mol. The molecule has 0 saturated carbocycles. The summed E-state index contributed by atoms with van der Waals surface area (Å²) in [6.07, 6.45) is -2.98. The van der Waals surface area contributed by atoms with Gasteiger partial charge in [-0.15, -0.1) is 0 Å². The molecule has 1 aromatic rings. The van der Waals surface area contributed by atoms with E-state index in [1.165, 1.54) is 12.4 Å². The van der Waals surface area contributed by atoms with Crippen molar-refractivity contribution < 1.29 is 13.2 Å². The molecule has 0 fully saturated rings. The van der Waals surface area contributed by atoms with Gasteiger partial charge in [-0.3, -0.25) is 0 Å². The van der Waals surface area contributed by atoms with Crippen molar-refractivity contribution in [3.8, 4) is 0 Å². The first-order valence-electron chi connectivity index (χ1n) is 4.85. The van der Waals surface area contributed by atoms with E-state index in [9.17, 15) is 13.2 Å². The van der Waals surface area contributed by atoms with Crippen molar-refractivity contribution in [2.45, 2.75) is 25.4 Å². The fraction of sp³-hybridized carbons (Fsp3) is 0.556. The second-order valence-corrected chi connectivity index (χ2v) is 3.33. The Morgan fingerprint density at radius 2 is 2.00 bits per heavy atom. The molecule has 16 heavy (non-hydrogen) atoms. The van der Waals surface area contributed by atoms with Crippen LogP contribution in [0.4, 0.5) is 24.8 Å². The zero-order valence-electron chi connectivity index (χ0n) is 8.59. The molecule has 1 rings (SSSR count). The summed E-state index contributed by atoms with van der Waals surface area (Å²) in [6.45, 7) is 0.437. The SMILES string of the molecule is Nc1cc(NCCCCC(F)(F)F)ncn1. The molecule has 0 bridgehead atoms. The summed E-state index contributed by atoms with van der Waals surface area (Å²) in [7, 11) is 0. The van der Waals surface area contributed by atoms with Crippen LogP contribution in [0.2, 0.25) is 0 Å². The zero-order chi connectivity index (χ0) is 12.0. The average molecular weight is 234 g/mol. The molecule has 0 spiro atoms. The Morgan fingerprint density at radius 3 is 2.62 bits per heavy atom. The number of aromatic nitrogens is 2. The molecule has 1 heterocycles. The van der Waals surface area contributed by atoms with Crippen LogP contribution in [0.25, 0.3) is 0 Å². The Kier molecular flexibility index (Phi) is 4.33. The highest BCUT2D eigenvalue weighted by Crippen LogP contribution is 2.22. The molecule has 3 N–H and O–H groups in total.